The summed E-state index contributed by atoms with van der Waals surface area (Å²) in [6, 6.07) is 13.1. The fourth-order valence-electron chi connectivity index (χ4n) is 2.67. The van der Waals surface area contributed by atoms with E-state index in [2.05, 4.69) is 10.6 Å². The number of rotatable bonds is 8. The smallest absolute Gasteiger partial charge is 0.306 e. The van der Waals surface area contributed by atoms with Gasteiger partial charge in [0, 0.05) is 17.8 Å². The molecular weight excluding hydrogens is 356 g/mol. The second-order valence-electron chi connectivity index (χ2n) is 6.52. The lowest BCUT2D eigenvalue weighted by Gasteiger charge is -2.11. The highest BCUT2D eigenvalue weighted by Crippen LogP contribution is 2.18. The number of ether oxygens (including phenoxy) is 1. The van der Waals surface area contributed by atoms with Crippen molar-refractivity contribution in [2.24, 2.45) is 0 Å². The molecule has 0 saturated carbocycles. The molecule has 6 nitrogen and oxygen atoms in total. The molecule has 2 N–H and O–H groups in total. The molecule has 28 heavy (non-hydrogen) atoms. The highest BCUT2D eigenvalue weighted by atomic mass is 16.5. The van der Waals surface area contributed by atoms with Crippen LogP contribution in [0.4, 0.5) is 11.4 Å². The highest BCUT2D eigenvalue weighted by molar-refractivity contribution is 5.95. The largest absolute Gasteiger partial charge is 0.456 e. The van der Waals surface area contributed by atoms with Gasteiger partial charge >= 0.3 is 5.97 Å². The molecule has 0 aromatic heterocycles. The minimum atomic E-state index is -0.588. The zero-order valence-electron chi connectivity index (χ0n) is 16.5. The molecule has 0 aliphatic heterocycles. The lowest BCUT2D eigenvalue weighted by Crippen LogP contribution is -2.22. The van der Waals surface area contributed by atoms with Crippen LogP contribution in [-0.2, 0) is 25.5 Å². The Balaban J connectivity index is 1.74. The Morgan fingerprint density at radius 1 is 0.857 bits per heavy atom. The van der Waals surface area contributed by atoms with E-state index >= 15 is 0 Å². The van der Waals surface area contributed by atoms with Crippen molar-refractivity contribution in [3.8, 4) is 0 Å². The first-order valence-electron chi connectivity index (χ1n) is 9.30. The normalized spacial score (nSPS) is 10.2. The second-order valence-corrected chi connectivity index (χ2v) is 6.52. The van der Waals surface area contributed by atoms with Crippen LogP contribution in [-0.4, -0.2) is 24.4 Å². The summed E-state index contributed by atoms with van der Waals surface area (Å²) in [5, 5.41) is 5.52. The lowest BCUT2D eigenvalue weighted by atomic mass is 10.1. The van der Waals surface area contributed by atoms with Crippen LogP contribution in [0.1, 0.15) is 36.5 Å². The van der Waals surface area contributed by atoms with Crippen molar-refractivity contribution in [1.82, 2.24) is 0 Å². The number of nitrogens with one attached hydrogen (secondary N) is 2. The number of amides is 2. The summed E-state index contributed by atoms with van der Waals surface area (Å²) in [7, 11) is 0. The molecule has 6 heteroatoms. The zero-order chi connectivity index (χ0) is 20.5. The molecule has 2 aromatic carbocycles. The summed E-state index contributed by atoms with van der Waals surface area (Å²) in [5.74, 6) is -1.27. The topological polar surface area (TPSA) is 84.5 Å². The first kappa shape index (κ1) is 21.2. The van der Waals surface area contributed by atoms with E-state index in [1.807, 2.05) is 57.2 Å². The van der Waals surface area contributed by atoms with E-state index < -0.39 is 11.9 Å². The van der Waals surface area contributed by atoms with E-state index in [0.29, 0.717) is 5.69 Å². The highest BCUT2D eigenvalue weighted by Gasteiger charge is 2.12. The molecule has 0 aliphatic carbocycles. The minimum absolute atomic E-state index is 0.00448. The zero-order valence-corrected chi connectivity index (χ0v) is 16.5. The van der Waals surface area contributed by atoms with E-state index in [-0.39, 0.29) is 25.4 Å². The third-order valence-electron chi connectivity index (χ3n) is 4.47. The van der Waals surface area contributed by atoms with E-state index in [1.165, 1.54) is 0 Å². The quantitative estimate of drug-likeness (QED) is 0.681. The molecule has 0 heterocycles. The molecule has 0 bridgehead atoms. The Morgan fingerprint density at radius 3 is 2.29 bits per heavy atom. The number of esters is 1. The van der Waals surface area contributed by atoms with Gasteiger partial charge in [-0.2, -0.15) is 0 Å². The van der Waals surface area contributed by atoms with Crippen LogP contribution in [0.5, 0.6) is 0 Å². The molecule has 0 unspecified atom stereocenters. The monoisotopic (exact) mass is 382 g/mol. The molecule has 0 spiro atoms. The molecule has 0 atom stereocenters. The molecule has 2 aromatic rings. The summed E-state index contributed by atoms with van der Waals surface area (Å²) in [4.78, 5) is 35.8. The van der Waals surface area contributed by atoms with Crippen LogP contribution in [0.15, 0.2) is 42.5 Å². The van der Waals surface area contributed by atoms with Gasteiger partial charge in [-0.1, -0.05) is 37.3 Å². The summed E-state index contributed by atoms with van der Waals surface area (Å²) in [6.45, 7) is 5.49. The fraction of sp³-hybridized carbons (Fsp3) is 0.318. The van der Waals surface area contributed by atoms with Crippen molar-refractivity contribution < 1.29 is 19.1 Å². The van der Waals surface area contributed by atoms with Crippen LogP contribution in [0.25, 0.3) is 0 Å². The predicted molar refractivity (Wildman–Crippen MR) is 109 cm³/mol. The maximum Gasteiger partial charge on any atom is 0.306 e. The van der Waals surface area contributed by atoms with Gasteiger partial charge in [-0.25, -0.2) is 0 Å². The number of aryl methyl sites for hydroxylation is 2. The molecule has 2 amide bonds. The van der Waals surface area contributed by atoms with Crippen LogP contribution in [0.2, 0.25) is 0 Å². The van der Waals surface area contributed by atoms with Crippen molar-refractivity contribution in [3.63, 3.8) is 0 Å². The Kier molecular flexibility index (Phi) is 7.75. The third-order valence-corrected chi connectivity index (χ3v) is 4.47. The van der Waals surface area contributed by atoms with Crippen molar-refractivity contribution in [1.29, 1.82) is 0 Å². The molecule has 0 saturated heterocycles. The first-order valence-corrected chi connectivity index (χ1v) is 9.30. The van der Waals surface area contributed by atoms with Gasteiger partial charge in [0.15, 0.2) is 6.61 Å². The van der Waals surface area contributed by atoms with Gasteiger partial charge in [-0.3, -0.25) is 14.4 Å². The number of carbonyl (C=O) groups excluding carboxylic acids is 3. The van der Waals surface area contributed by atoms with Crippen molar-refractivity contribution >= 4 is 29.2 Å². The summed E-state index contributed by atoms with van der Waals surface area (Å²) in [6.07, 6.45) is 0.709. The van der Waals surface area contributed by atoms with Gasteiger partial charge in [0.05, 0.1) is 6.42 Å². The molecule has 2 rings (SSSR count). The van der Waals surface area contributed by atoms with Crippen LogP contribution >= 0.6 is 0 Å². The summed E-state index contributed by atoms with van der Waals surface area (Å²) >= 11 is 0. The first-order chi connectivity index (χ1) is 13.4. The number of hydrogen-bond acceptors (Lipinski definition) is 4. The number of benzene rings is 2. The Morgan fingerprint density at radius 2 is 1.54 bits per heavy atom. The van der Waals surface area contributed by atoms with E-state index in [9.17, 15) is 14.4 Å². The molecule has 0 radical (unpaired) electrons. The Hall–Kier alpha value is -3.15. The number of para-hydroxylation sites is 1. The van der Waals surface area contributed by atoms with Crippen molar-refractivity contribution in [3.05, 3.63) is 59.2 Å². The van der Waals surface area contributed by atoms with E-state index in [1.54, 1.807) is 6.07 Å². The standard InChI is InChI=1S/C22H26N2O4/c1-4-17-9-5-6-10-19(17)24-20(25)12-13-22(27)28-14-21(26)23-18-11-7-8-15(2)16(18)3/h5-11H,4,12-14H2,1-3H3,(H,23,26)(H,24,25). The fourth-order valence-corrected chi connectivity index (χ4v) is 2.67. The molecular formula is C22H26N2O4. The number of anilines is 2. The van der Waals surface area contributed by atoms with E-state index in [0.717, 1.165) is 28.8 Å². The van der Waals surface area contributed by atoms with Crippen LogP contribution in [0.3, 0.4) is 0 Å². The summed E-state index contributed by atoms with van der Waals surface area (Å²) < 4.78 is 4.96. The molecule has 0 fully saturated rings. The van der Waals surface area contributed by atoms with Crippen LogP contribution in [0, 0.1) is 13.8 Å². The number of hydrogen-bond donors (Lipinski definition) is 2. The maximum atomic E-state index is 12.0. The number of carbonyl (C=O) groups is 3. The van der Waals surface area contributed by atoms with Gasteiger partial charge in [-0.15, -0.1) is 0 Å². The third kappa shape index (κ3) is 6.23. The van der Waals surface area contributed by atoms with Gasteiger partial charge < -0.3 is 15.4 Å². The van der Waals surface area contributed by atoms with Crippen LogP contribution < -0.4 is 10.6 Å². The minimum Gasteiger partial charge on any atom is -0.456 e. The van der Waals surface area contributed by atoms with Crippen molar-refractivity contribution in [2.75, 3.05) is 17.2 Å². The van der Waals surface area contributed by atoms with Gasteiger partial charge in [0.25, 0.3) is 5.91 Å². The van der Waals surface area contributed by atoms with Gasteiger partial charge in [-0.05, 0) is 49.1 Å². The molecule has 148 valence electrons. The summed E-state index contributed by atoms with van der Waals surface area (Å²) in [5.41, 5.74) is 4.49. The molecule has 0 aliphatic rings. The Labute approximate surface area is 165 Å². The van der Waals surface area contributed by atoms with E-state index in [4.69, 9.17) is 4.74 Å². The average molecular weight is 382 g/mol. The van der Waals surface area contributed by atoms with Gasteiger partial charge in [0.1, 0.15) is 0 Å². The van der Waals surface area contributed by atoms with Crippen molar-refractivity contribution in [2.45, 2.75) is 40.0 Å². The Bertz CT molecular complexity index is 861. The predicted octanol–water partition coefficient (Wildman–Crippen LogP) is 3.77. The lowest BCUT2D eigenvalue weighted by molar-refractivity contribution is -0.147. The average Bonchev–Trinajstić information content (AvgIpc) is 2.68. The maximum absolute atomic E-state index is 12.0. The SMILES string of the molecule is CCc1ccccc1NC(=O)CCC(=O)OCC(=O)Nc1cccc(C)c1C. The van der Waals surface area contributed by atoms with Gasteiger partial charge in [0.2, 0.25) is 5.91 Å². The second kappa shape index (κ2) is 10.3.